The van der Waals surface area contributed by atoms with E-state index in [-0.39, 0.29) is 11.1 Å². The predicted molar refractivity (Wildman–Crippen MR) is 52.7 cm³/mol. The molecule has 1 aliphatic carbocycles. The summed E-state index contributed by atoms with van der Waals surface area (Å²) >= 11 is 0. The molecule has 0 saturated heterocycles. The summed E-state index contributed by atoms with van der Waals surface area (Å²) in [6.07, 6.45) is 0.477. The summed E-state index contributed by atoms with van der Waals surface area (Å²) in [6, 6.07) is 0. The summed E-state index contributed by atoms with van der Waals surface area (Å²) in [7, 11) is 0. The first-order valence-corrected chi connectivity index (χ1v) is 4.89. The van der Waals surface area contributed by atoms with Crippen molar-refractivity contribution in [3.05, 3.63) is 17.0 Å². The maximum atomic E-state index is 10.8. The van der Waals surface area contributed by atoms with Gasteiger partial charge in [0.2, 0.25) is 0 Å². The second kappa shape index (κ2) is 3.06. The van der Waals surface area contributed by atoms with Crippen LogP contribution in [0.2, 0.25) is 0 Å². The average Bonchev–Trinajstić information content (AvgIpc) is 2.47. The van der Waals surface area contributed by atoms with E-state index in [0.717, 1.165) is 5.69 Å². The first-order chi connectivity index (χ1) is 6.92. The van der Waals surface area contributed by atoms with Crippen molar-refractivity contribution in [2.75, 3.05) is 0 Å². The largest absolute Gasteiger partial charge is 0.476 e. The van der Waals surface area contributed by atoms with Gasteiger partial charge in [0.05, 0.1) is 6.10 Å². The van der Waals surface area contributed by atoms with Gasteiger partial charge in [-0.1, -0.05) is 13.8 Å². The van der Waals surface area contributed by atoms with E-state index < -0.39 is 12.1 Å². The van der Waals surface area contributed by atoms with E-state index in [0.29, 0.717) is 18.4 Å². The number of hydrogen-bond donors (Lipinski definition) is 3. The summed E-state index contributed by atoms with van der Waals surface area (Å²) in [5.74, 6) is -1.04. The van der Waals surface area contributed by atoms with Gasteiger partial charge in [-0.2, -0.15) is 5.10 Å². The van der Waals surface area contributed by atoms with Gasteiger partial charge in [0.25, 0.3) is 0 Å². The molecule has 1 aliphatic rings. The molecule has 2 rings (SSSR count). The Morgan fingerprint density at radius 2 is 2.27 bits per heavy atom. The van der Waals surface area contributed by atoms with E-state index in [1.165, 1.54) is 0 Å². The number of aromatic nitrogens is 2. The highest BCUT2D eigenvalue weighted by molar-refractivity contribution is 5.87. The van der Waals surface area contributed by atoms with Crippen LogP contribution < -0.4 is 0 Å². The molecule has 0 aromatic carbocycles. The van der Waals surface area contributed by atoms with Gasteiger partial charge in [-0.25, -0.2) is 4.79 Å². The van der Waals surface area contributed by atoms with E-state index in [4.69, 9.17) is 5.11 Å². The number of aromatic amines is 1. The molecular formula is C10H14N2O3. The van der Waals surface area contributed by atoms with Gasteiger partial charge in [-0.05, 0) is 11.8 Å². The molecule has 1 aromatic heterocycles. The van der Waals surface area contributed by atoms with Crippen LogP contribution in [0.25, 0.3) is 0 Å². The fraction of sp³-hybridized carbons (Fsp3) is 0.600. The number of nitrogens with one attached hydrogen (secondary N) is 1. The Hall–Kier alpha value is -1.36. The molecule has 0 bridgehead atoms. The number of nitrogens with zero attached hydrogens (tertiary/aromatic N) is 1. The standard InChI is InChI=1S/C10H14N2O3/c1-10(2)4-6-5(3-7(10)13)8(9(14)15)12-11-6/h7,13H,3-4H2,1-2H3,(H,11,12)(H,14,15)/t7-/m1/s1. The number of hydrogen-bond acceptors (Lipinski definition) is 3. The highest BCUT2D eigenvalue weighted by Gasteiger charge is 2.37. The lowest BCUT2D eigenvalue weighted by atomic mass is 9.74. The quantitative estimate of drug-likeness (QED) is 0.633. The second-order valence-corrected chi connectivity index (χ2v) is 4.72. The lowest BCUT2D eigenvalue weighted by molar-refractivity contribution is 0.0413. The van der Waals surface area contributed by atoms with Gasteiger partial charge >= 0.3 is 5.97 Å². The van der Waals surface area contributed by atoms with E-state index in [9.17, 15) is 9.90 Å². The number of rotatable bonds is 1. The first kappa shape index (κ1) is 10.2. The van der Waals surface area contributed by atoms with Crippen molar-refractivity contribution in [2.24, 2.45) is 5.41 Å². The topological polar surface area (TPSA) is 86.2 Å². The van der Waals surface area contributed by atoms with Crippen molar-refractivity contribution >= 4 is 5.97 Å². The van der Waals surface area contributed by atoms with Crippen LogP contribution >= 0.6 is 0 Å². The minimum Gasteiger partial charge on any atom is -0.476 e. The van der Waals surface area contributed by atoms with Gasteiger partial charge in [0, 0.05) is 17.7 Å². The Morgan fingerprint density at radius 1 is 1.60 bits per heavy atom. The van der Waals surface area contributed by atoms with Crippen LogP contribution in [-0.2, 0) is 12.8 Å². The molecule has 82 valence electrons. The van der Waals surface area contributed by atoms with Gasteiger partial charge in [-0.3, -0.25) is 5.10 Å². The Balaban J connectivity index is 2.43. The SMILES string of the molecule is CC1(C)Cc2[nH]nc(C(=O)O)c2C[C@H]1O. The zero-order chi connectivity index (χ0) is 11.2. The Bertz CT molecular complexity index is 409. The number of aliphatic hydroxyl groups is 1. The predicted octanol–water partition coefficient (Wildman–Crippen LogP) is 0.594. The third-order valence-corrected chi connectivity index (χ3v) is 3.09. The van der Waals surface area contributed by atoms with Crippen molar-refractivity contribution in [3.8, 4) is 0 Å². The molecule has 3 N–H and O–H groups in total. The Labute approximate surface area is 87.1 Å². The van der Waals surface area contributed by atoms with E-state index in [1.807, 2.05) is 13.8 Å². The Morgan fingerprint density at radius 3 is 2.87 bits per heavy atom. The lowest BCUT2D eigenvalue weighted by Crippen LogP contribution is -2.37. The van der Waals surface area contributed by atoms with Crippen LogP contribution in [0.4, 0.5) is 0 Å². The molecule has 0 saturated carbocycles. The van der Waals surface area contributed by atoms with E-state index in [2.05, 4.69) is 10.2 Å². The summed E-state index contributed by atoms with van der Waals surface area (Å²) in [5.41, 5.74) is 1.30. The van der Waals surface area contributed by atoms with Crippen molar-refractivity contribution in [1.82, 2.24) is 10.2 Å². The molecule has 15 heavy (non-hydrogen) atoms. The van der Waals surface area contributed by atoms with Crippen molar-refractivity contribution in [3.63, 3.8) is 0 Å². The van der Waals surface area contributed by atoms with Crippen molar-refractivity contribution in [2.45, 2.75) is 32.8 Å². The molecular weight excluding hydrogens is 196 g/mol. The molecule has 0 aliphatic heterocycles. The van der Waals surface area contributed by atoms with E-state index >= 15 is 0 Å². The van der Waals surface area contributed by atoms with Crippen molar-refractivity contribution in [1.29, 1.82) is 0 Å². The molecule has 1 aromatic rings. The summed E-state index contributed by atoms with van der Waals surface area (Å²) in [5, 5.41) is 25.3. The zero-order valence-electron chi connectivity index (χ0n) is 8.74. The fourth-order valence-corrected chi connectivity index (χ4v) is 1.99. The van der Waals surface area contributed by atoms with Gasteiger partial charge < -0.3 is 10.2 Å². The normalized spacial score (nSPS) is 23.5. The minimum absolute atomic E-state index is 0.0413. The third kappa shape index (κ3) is 1.52. The number of H-pyrrole nitrogens is 1. The number of aromatic carboxylic acids is 1. The van der Waals surface area contributed by atoms with Crippen LogP contribution in [0.5, 0.6) is 0 Å². The van der Waals surface area contributed by atoms with Crippen LogP contribution in [0, 0.1) is 5.41 Å². The molecule has 5 nitrogen and oxygen atoms in total. The molecule has 1 heterocycles. The van der Waals surface area contributed by atoms with Crippen LogP contribution in [0.3, 0.4) is 0 Å². The number of fused-ring (bicyclic) bond motifs is 1. The molecule has 5 heteroatoms. The summed E-state index contributed by atoms with van der Waals surface area (Å²) in [4.78, 5) is 10.8. The molecule has 0 amide bonds. The smallest absolute Gasteiger partial charge is 0.356 e. The monoisotopic (exact) mass is 210 g/mol. The maximum absolute atomic E-state index is 10.8. The van der Waals surface area contributed by atoms with Crippen LogP contribution in [-0.4, -0.2) is 32.5 Å². The highest BCUT2D eigenvalue weighted by Crippen LogP contribution is 2.35. The second-order valence-electron chi connectivity index (χ2n) is 4.72. The van der Waals surface area contributed by atoms with Crippen LogP contribution in [0.1, 0.15) is 35.6 Å². The van der Waals surface area contributed by atoms with E-state index in [1.54, 1.807) is 0 Å². The van der Waals surface area contributed by atoms with Crippen molar-refractivity contribution < 1.29 is 15.0 Å². The number of carboxylic acids is 1. The molecule has 1 atom stereocenters. The van der Waals surface area contributed by atoms with Crippen LogP contribution in [0.15, 0.2) is 0 Å². The molecule has 0 unspecified atom stereocenters. The van der Waals surface area contributed by atoms with Gasteiger partial charge in [0.15, 0.2) is 5.69 Å². The number of carbonyl (C=O) groups is 1. The summed E-state index contributed by atoms with van der Waals surface area (Å²) in [6.45, 7) is 3.92. The molecule has 0 spiro atoms. The average molecular weight is 210 g/mol. The summed E-state index contributed by atoms with van der Waals surface area (Å²) < 4.78 is 0. The Kier molecular flexibility index (Phi) is 2.08. The minimum atomic E-state index is -1.04. The number of carboxylic acid groups (broad SMARTS) is 1. The number of aliphatic hydroxyl groups excluding tert-OH is 1. The van der Waals surface area contributed by atoms with Gasteiger partial charge in [-0.15, -0.1) is 0 Å². The maximum Gasteiger partial charge on any atom is 0.356 e. The lowest BCUT2D eigenvalue weighted by Gasteiger charge is -2.34. The first-order valence-electron chi connectivity index (χ1n) is 4.89. The molecule has 0 radical (unpaired) electrons. The zero-order valence-corrected chi connectivity index (χ0v) is 8.74. The fourth-order valence-electron chi connectivity index (χ4n) is 1.99. The molecule has 0 fully saturated rings. The third-order valence-electron chi connectivity index (χ3n) is 3.09. The highest BCUT2D eigenvalue weighted by atomic mass is 16.4. The van der Waals surface area contributed by atoms with Gasteiger partial charge in [0.1, 0.15) is 0 Å².